The second kappa shape index (κ2) is 8.55. The Morgan fingerprint density at radius 2 is 1.43 bits per heavy atom. The largest absolute Gasteiger partial charge is 0.416 e. The van der Waals surface area contributed by atoms with Crippen LogP contribution in [-0.4, -0.2) is 17.8 Å². The van der Waals surface area contributed by atoms with Gasteiger partial charge in [0.15, 0.2) is 0 Å². The minimum atomic E-state index is -4.93. The number of hydrogen-bond donors (Lipinski definition) is 1. The van der Waals surface area contributed by atoms with Crippen LogP contribution >= 0.6 is 0 Å². The quantitative estimate of drug-likeness (QED) is 0.589. The summed E-state index contributed by atoms with van der Waals surface area (Å²) in [5, 5.41) is 9.63. The van der Waals surface area contributed by atoms with Crippen LogP contribution in [0.3, 0.4) is 0 Å². The van der Waals surface area contributed by atoms with Crippen LogP contribution < -0.4 is 0 Å². The first-order chi connectivity index (χ1) is 14.0. The molecule has 3 atom stereocenters. The van der Waals surface area contributed by atoms with Gasteiger partial charge in [0, 0.05) is 12.5 Å². The molecule has 0 amide bonds. The molecule has 1 aliphatic carbocycles. The van der Waals surface area contributed by atoms with Gasteiger partial charge in [-0.1, -0.05) is 12.1 Å². The number of aliphatic hydroxyl groups is 1. The Bertz CT molecular complexity index is 827. The molecule has 0 bridgehead atoms. The minimum Gasteiger partial charge on any atom is -0.396 e. The smallest absolute Gasteiger partial charge is 0.396 e. The highest BCUT2D eigenvalue weighted by atomic mass is 19.4. The van der Waals surface area contributed by atoms with E-state index in [1.807, 2.05) is 0 Å². The van der Waals surface area contributed by atoms with Crippen LogP contribution in [0.15, 0.2) is 42.5 Å². The van der Waals surface area contributed by atoms with Gasteiger partial charge in [-0.15, -0.1) is 0 Å². The number of alkyl halides is 6. The molecule has 0 aromatic heterocycles. The SMILES string of the molecule is OC[C@@H]1CC[C@H](OCc2cc(C(F)(F)F)cc(C(F)(F)F)c2)[C@H]1c1ccc(F)cc1. The van der Waals surface area contributed by atoms with Gasteiger partial charge in [-0.25, -0.2) is 4.39 Å². The number of hydrogen-bond acceptors (Lipinski definition) is 2. The topological polar surface area (TPSA) is 29.5 Å². The molecule has 2 nitrogen and oxygen atoms in total. The molecule has 1 N–H and O–H groups in total. The first-order valence-electron chi connectivity index (χ1n) is 9.25. The third kappa shape index (κ3) is 5.13. The molecule has 0 unspecified atom stereocenters. The standard InChI is InChI=1S/C21H19F7O2/c22-17-4-1-13(2-5-17)19-14(10-29)3-6-18(19)30-11-12-7-15(20(23,24)25)9-16(8-12)21(26,27)28/h1-2,4-5,7-9,14,18-19,29H,3,6,10-11H2/t14-,18-,19-/m0/s1. The van der Waals surface area contributed by atoms with E-state index in [2.05, 4.69) is 0 Å². The van der Waals surface area contributed by atoms with Crippen molar-refractivity contribution in [3.05, 3.63) is 70.5 Å². The van der Waals surface area contributed by atoms with Crippen molar-refractivity contribution in [1.82, 2.24) is 0 Å². The summed E-state index contributed by atoms with van der Waals surface area (Å²) in [6.07, 6.45) is -9.35. The molecule has 0 aliphatic heterocycles. The van der Waals surface area contributed by atoms with E-state index in [-0.39, 0.29) is 30.1 Å². The lowest BCUT2D eigenvalue weighted by Gasteiger charge is -2.25. The fourth-order valence-corrected chi connectivity index (χ4v) is 3.91. The maximum Gasteiger partial charge on any atom is 0.416 e. The number of benzene rings is 2. The monoisotopic (exact) mass is 436 g/mol. The number of halogens is 7. The van der Waals surface area contributed by atoms with Crippen LogP contribution in [0.2, 0.25) is 0 Å². The Kier molecular flexibility index (Phi) is 6.43. The van der Waals surface area contributed by atoms with E-state index in [9.17, 15) is 35.8 Å². The molecule has 0 radical (unpaired) electrons. The van der Waals surface area contributed by atoms with Crippen molar-refractivity contribution in [3.8, 4) is 0 Å². The third-order valence-electron chi connectivity index (χ3n) is 5.33. The Hall–Kier alpha value is -2.13. The van der Waals surface area contributed by atoms with E-state index in [4.69, 9.17) is 4.74 Å². The molecule has 0 saturated heterocycles. The number of aliphatic hydroxyl groups excluding tert-OH is 1. The van der Waals surface area contributed by atoms with E-state index in [1.54, 1.807) is 0 Å². The van der Waals surface area contributed by atoms with Crippen molar-refractivity contribution in [2.24, 2.45) is 5.92 Å². The molecule has 30 heavy (non-hydrogen) atoms. The van der Waals surface area contributed by atoms with Crippen LogP contribution in [-0.2, 0) is 23.7 Å². The van der Waals surface area contributed by atoms with Gasteiger partial charge in [-0.3, -0.25) is 0 Å². The summed E-state index contributed by atoms with van der Waals surface area (Å²) in [6.45, 7) is -0.614. The summed E-state index contributed by atoms with van der Waals surface area (Å²) in [4.78, 5) is 0. The molecule has 2 aromatic carbocycles. The molecular weight excluding hydrogens is 417 g/mol. The average molecular weight is 436 g/mol. The minimum absolute atomic E-state index is 0.0716. The van der Waals surface area contributed by atoms with Crippen molar-refractivity contribution in [2.45, 2.75) is 43.8 Å². The first kappa shape index (κ1) is 22.6. The van der Waals surface area contributed by atoms with Crippen molar-refractivity contribution >= 4 is 0 Å². The summed E-state index contributed by atoms with van der Waals surface area (Å²) in [5.41, 5.74) is -2.35. The molecule has 1 fully saturated rings. The Labute approximate surface area is 168 Å². The molecular formula is C21H19F7O2. The zero-order valence-corrected chi connectivity index (χ0v) is 15.6. The van der Waals surface area contributed by atoms with Crippen molar-refractivity contribution in [3.63, 3.8) is 0 Å². The highest BCUT2D eigenvalue weighted by molar-refractivity contribution is 5.33. The molecule has 1 aliphatic rings. The summed E-state index contributed by atoms with van der Waals surface area (Å²) < 4.78 is 97.1. The number of rotatable bonds is 5. The predicted molar refractivity (Wildman–Crippen MR) is 94.0 cm³/mol. The van der Waals surface area contributed by atoms with Gasteiger partial charge in [-0.05, 0) is 60.2 Å². The van der Waals surface area contributed by atoms with Gasteiger partial charge in [0.05, 0.1) is 23.8 Å². The predicted octanol–water partition coefficient (Wildman–Crippen LogP) is 5.93. The lowest BCUT2D eigenvalue weighted by molar-refractivity contribution is -0.143. The van der Waals surface area contributed by atoms with Crippen LogP contribution in [0.5, 0.6) is 0 Å². The Morgan fingerprint density at radius 1 is 0.867 bits per heavy atom. The van der Waals surface area contributed by atoms with E-state index in [0.717, 1.165) is 0 Å². The summed E-state index contributed by atoms with van der Waals surface area (Å²) in [5.74, 6) is -0.991. The summed E-state index contributed by atoms with van der Waals surface area (Å²) in [7, 11) is 0. The van der Waals surface area contributed by atoms with Gasteiger partial charge < -0.3 is 9.84 Å². The summed E-state index contributed by atoms with van der Waals surface area (Å²) >= 11 is 0. The highest BCUT2D eigenvalue weighted by Gasteiger charge is 2.39. The zero-order valence-electron chi connectivity index (χ0n) is 15.6. The maximum atomic E-state index is 13.2. The Balaban J connectivity index is 1.83. The van der Waals surface area contributed by atoms with Gasteiger partial charge in [0.2, 0.25) is 0 Å². The van der Waals surface area contributed by atoms with E-state index in [0.29, 0.717) is 30.5 Å². The lowest BCUT2D eigenvalue weighted by atomic mass is 9.88. The molecule has 0 spiro atoms. The van der Waals surface area contributed by atoms with Crippen molar-refractivity contribution in [1.29, 1.82) is 0 Å². The van der Waals surface area contributed by atoms with Crippen molar-refractivity contribution < 1.29 is 40.6 Å². The van der Waals surface area contributed by atoms with E-state index >= 15 is 0 Å². The van der Waals surface area contributed by atoms with Crippen LogP contribution in [0.1, 0.15) is 41.0 Å². The van der Waals surface area contributed by atoms with E-state index in [1.165, 1.54) is 24.3 Å². The van der Waals surface area contributed by atoms with E-state index < -0.39 is 42.0 Å². The second-order valence-electron chi connectivity index (χ2n) is 7.36. The normalized spacial score (nSPS) is 22.5. The molecule has 3 rings (SSSR count). The fourth-order valence-electron chi connectivity index (χ4n) is 3.91. The second-order valence-corrected chi connectivity index (χ2v) is 7.36. The zero-order chi connectivity index (χ0) is 22.1. The fraction of sp³-hybridized carbons (Fsp3) is 0.429. The maximum absolute atomic E-state index is 13.2. The average Bonchev–Trinajstić information content (AvgIpc) is 3.08. The first-order valence-corrected chi connectivity index (χ1v) is 9.25. The molecule has 0 heterocycles. The third-order valence-corrected chi connectivity index (χ3v) is 5.33. The molecule has 164 valence electrons. The highest BCUT2D eigenvalue weighted by Crippen LogP contribution is 2.42. The molecule has 9 heteroatoms. The lowest BCUT2D eigenvalue weighted by Crippen LogP contribution is -2.22. The molecule has 1 saturated carbocycles. The van der Waals surface area contributed by atoms with Gasteiger partial charge in [0.1, 0.15) is 5.82 Å². The Morgan fingerprint density at radius 3 is 1.93 bits per heavy atom. The van der Waals surface area contributed by atoms with Crippen LogP contribution in [0.4, 0.5) is 30.7 Å². The molecule has 2 aromatic rings. The van der Waals surface area contributed by atoms with Crippen LogP contribution in [0, 0.1) is 11.7 Å². The van der Waals surface area contributed by atoms with Crippen molar-refractivity contribution in [2.75, 3.05) is 6.61 Å². The van der Waals surface area contributed by atoms with Gasteiger partial charge in [0.25, 0.3) is 0 Å². The van der Waals surface area contributed by atoms with Gasteiger partial charge in [-0.2, -0.15) is 26.3 Å². The van der Waals surface area contributed by atoms with Gasteiger partial charge >= 0.3 is 12.4 Å². The number of ether oxygens (including phenoxy) is 1. The van der Waals surface area contributed by atoms with Crippen LogP contribution in [0.25, 0.3) is 0 Å². The summed E-state index contributed by atoms with van der Waals surface area (Å²) in [6, 6.07) is 6.93.